The Kier molecular flexibility index (Phi) is 8.89. The molecule has 0 saturated heterocycles. The van der Waals surface area contributed by atoms with Gasteiger partial charge in [-0.05, 0) is 55.8 Å². The van der Waals surface area contributed by atoms with E-state index in [1.807, 2.05) is 32.2 Å². The van der Waals surface area contributed by atoms with Gasteiger partial charge in [-0.25, -0.2) is 8.42 Å². The van der Waals surface area contributed by atoms with Gasteiger partial charge in [-0.1, -0.05) is 38.7 Å². The second-order valence-electron chi connectivity index (χ2n) is 10.7. The molecule has 38 heavy (non-hydrogen) atoms. The summed E-state index contributed by atoms with van der Waals surface area (Å²) in [5.74, 6) is 8.40. The van der Waals surface area contributed by atoms with Crippen LogP contribution in [0, 0.1) is 23.7 Å². The summed E-state index contributed by atoms with van der Waals surface area (Å²) < 4.78 is 46.1. The Balaban J connectivity index is 1.63. The molecule has 0 saturated carbocycles. The molecule has 0 aliphatic carbocycles. The van der Waals surface area contributed by atoms with Crippen molar-refractivity contribution in [3.05, 3.63) is 47.5 Å². The summed E-state index contributed by atoms with van der Waals surface area (Å²) in [6.45, 7) is 9.35. The molecule has 2 aromatic rings. The number of nitrogens with zero attached hydrogens (tertiary/aromatic N) is 2. The largest absolute Gasteiger partial charge is 0.487 e. The summed E-state index contributed by atoms with van der Waals surface area (Å²) in [5, 5.41) is 9.86. The molecule has 8 nitrogen and oxygen atoms in total. The van der Waals surface area contributed by atoms with Crippen molar-refractivity contribution >= 4 is 10.0 Å². The lowest BCUT2D eigenvalue weighted by molar-refractivity contribution is 0.0733. The number of aliphatic hydroxyl groups excluding tert-OH is 1. The lowest BCUT2D eigenvalue weighted by atomic mass is 10.0. The number of ether oxygens (including phenoxy) is 3. The summed E-state index contributed by atoms with van der Waals surface area (Å²) in [5.41, 5.74) is 1.79. The molecule has 3 atom stereocenters. The van der Waals surface area contributed by atoms with Crippen LogP contribution in [0.25, 0.3) is 0 Å². The van der Waals surface area contributed by atoms with Gasteiger partial charge in [-0.3, -0.25) is 4.90 Å². The van der Waals surface area contributed by atoms with E-state index in [9.17, 15) is 13.5 Å². The third-order valence-electron chi connectivity index (χ3n) is 6.79. The SMILES string of the molecule is CC(C)CC#Cc1ccc2c(c1)O[C@@H](CN(C)Cc1ccc3c(c1)OCO3)[C@H](C)CN([C@H](C)CO)S2(=O)=O. The van der Waals surface area contributed by atoms with Crippen LogP contribution in [-0.2, 0) is 16.6 Å². The average Bonchev–Trinajstić information content (AvgIpc) is 3.33. The highest BCUT2D eigenvalue weighted by Gasteiger charge is 2.38. The van der Waals surface area contributed by atoms with Gasteiger partial charge < -0.3 is 19.3 Å². The van der Waals surface area contributed by atoms with Gasteiger partial charge in [-0.2, -0.15) is 4.31 Å². The van der Waals surface area contributed by atoms with Crippen molar-refractivity contribution in [3.63, 3.8) is 0 Å². The number of aliphatic hydroxyl groups is 1. The van der Waals surface area contributed by atoms with E-state index >= 15 is 0 Å². The van der Waals surface area contributed by atoms with Gasteiger partial charge >= 0.3 is 0 Å². The predicted molar refractivity (Wildman–Crippen MR) is 146 cm³/mol. The summed E-state index contributed by atoms with van der Waals surface area (Å²) in [7, 11) is -1.87. The number of sulfonamides is 1. The summed E-state index contributed by atoms with van der Waals surface area (Å²) >= 11 is 0. The maximum atomic E-state index is 13.7. The van der Waals surface area contributed by atoms with E-state index in [-0.39, 0.29) is 36.9 Å². The molecule has 2 aliphatic heterocycles. The molecule has 0 spiro atoms. The van der Waals surface area contributed by atoms with E-state index in [0.29, 0.717) is 30.3 Å². The number of hydrogen-bond acceptors (Lipinski definition) is 7. The second-order valence-corrected chi connectivity index (χ2v) is 12.5. The number of benzene rings is 2. The molecule has 0 aromatic heterocycles. The standard InChI is InChI=1S/C29H38N2O6S/c1-20(2)7-6-8-23-10-12-29-27(13-23)37-28(21(3)15-31(22(4)18-32)38(29,33)34)17-30(5)16-24-9-11-25-26(14-24)36-19-35-25/h9-14,20-22,28,32H,7,15-19H2,1-5H3/t21-,22-,28+/m1/s1. The first kappa shape index (κ1) is 28.2. The van der Waals surface area contributed by atoms with Crippen LogP contribution in [0.5, 0.6) is 17.2 Å². The topological polar surface area (TPSA) is 88.5 Å². The molecule has 206 valence electrons. The van der Waals surface area contributed by atoms with Gasteiger partial charge in [0.15, 0.2) is 11.5 Å². The van der Waals surface area contributed by atoms with E-state index in [1.54, 1.807) is 25.1 Å². The normalized spacial score (nSPS) is 21.2. The van der Waals surface area contributed by atoms with Crippen molar-refractivity contribution < 1.29 is 27.7 Å². The van der Waals surface area contributed by atoms with Crippen LogP contribution in [0.4, 0.5) is 0 Å². The van der Waals surface area contributed by atoms with Crippen LogP contribution < -0.4 is 14.2 Å². The smallest absolute Gasteiger partial charge is 0.247 e. The quantitative estimate of drug-likeness (QED) is 0.534. The summed E-state index contributed by atoms with van der Waals surface area (Å²) in [6.07, 6.45) is 0.457. The molecule has 0 radical (unpaired) electrons. The minimum Gasteiger partial charge on any atom is -0.487 e. The predicted octanol–water partition coefficient (Wildman–Crippen LogP) is 3.71. The molecule has 2 heterocycles. The van der Waals surface area contributed by atoms with E-state index in [2.05, 4.69) is 30.6 Å². The van der Waals surface area contributed by atoms with Crippen molar-refractivity contribution in [1.29, 1.82) is 0 Å². The molecule has 1 N–H and O–H groups in total. The minimum atomic E-state index is -3.88. The van der Waals surface area contributed by atoms with Crippen molar-refractivity contribution in [2.75, 3.05) is 33.5 Å². The zero-order chi connectivity index (χ0) is 27.4. The molecule has 2 aliphatic rings. The van der Waals surface area contributed by atoms with Crippen molar-refractivity contribution in [2.45, 2.75) is 57.7 Å². The monoisotopic (exact) mass is 542 g/mol. The summed E-state index contributed by atoms with van der Waals surface area (Å²) in [6, 6.07) is 10.4. The highest BCUT2D eigenvalue weighted by atomic mass is 32.2. The highest BCUT2D eigenvalue weighted by Crippen LogP contribution is 2.35. The highest BCUT2D eigenvalue weighted by molar-refractivity contribution is 7.89. The van der Waals surface area contributed by atoms with Crippen molar-refractivity contribution in [1.82, 2.24) is 9.21 Å². The fourth-order valence-corrected chi connectivity index (χ4v) is 6.43. The third-order valence-corrected chi connectivity index (χ3v) is 8.81. The van der Waals surface area contributed by atoms with E-state index in [0.717, 1.165) is 23.5 Å². The first-order valence-electron chi connectivity index (χ1n) is 13.1. The van der Waals surface area contributed by atoms with E-state index in [4.69, 9.17) is 14.2 Å². The van der Waals surface area contributed by atoms with Gasteiger partial charge in [0.1, 0.15) is 16.7 Å². The Bertz CT molecular complexity index is 1300. The Morgan fingerprint density at radius 1 is 1.11 bits per heavy atom. The molecule has 0 amide bonds. The van der Waals surface area contributed by atoms with Gasteiger partial charge in [0.2, 0.25) is 16.8 Å². The molecule has 0 unspecified atom stereocenters. The van der Waals surface area contributed by atoms with E-state index < -0.39 is 16.1 Å². The molecule has 2 aromatic carbocycles. The van der Waals surface area contributed by atoms with E-state index in [1.165, 1.54) is 4.31 Å². The van der Waals surface area contributed by atoms with Gasteiger partial charge in [0.05, 0.1) is 6.61 Å². The molecule has 0 bridgehead atoms. The number of hydrogen-bond donors (Lipinski definition) is 1. The Morgan fingerprint density at radius 2 is 1.87 bits per heavy atom. The Hall–Kier alpha value is -2.77. The van der Waals surface area contributed by atoms with Gasteiger partial charge in [0.25, 0.3) is 0 Å². The lowest BCUT2D eigenvalue weighted by Crippen LogP contribution is -2.49. The third kappa shape index (κ3) is 6.44. The van der Waals surface area contributed by atoms with Crippen LogP contribution in [0.2, 0.25) is 0 Å². The fourth-order valence-electron chi connectivity index (χ4n) is 4.60. The number of likely N-dealkylation sites (N-methyl/N-ethyl adjacent to an activating group) is 1. The van der Waals surface area contributed by atoms with Gasteiger partial charge in [0, 0.05) is 43.6 Å². The number of fused-ring (bicyclic) bond motifs is 2. The summed E-state index contributed by atoms with van der Waals surface area (Å²) in [4.78, 5) is 2.25. The average molecular weight is 543 g/mol. The van der Waals surface area contributed by atoms with Gasteiger partial charge in [-0.15, -0.1) is 0 Å². The Labute approximate surface area is 226 Å². The fraction of sp³-hybridized carbons (Fsp3) is 0.517. The maximum absolute atomic E-state index is 13.7. The Morgan fingerprint density at radius 3 is 2.61 bits per heavy atom. The minimum absolute atomic E-state index is 0.0996. The molecule has 9 heteroatoms. The second kappa shape index (κ2) is 12.0. The van der Waals surface area contributed by atoms with Crippen molar-refractivity contribution in [2.24, 2.45) is 11.8 Å². The molecule has 4 rings (SSSR count). The van der Waals surface area contributed by atoms with Crippen LogP contribution in [0.1, 0.15) is 45.2 Å². The maximum Gasteiger partial charge on any atom is 0.247 e. The zero-order valence-electron chi connectivity index (χ0n) is 22.8. The van der Waals surface area contributed by atoms with Crippen molar-refractivity contribution in [3.8, 4) is 29.1 Å². The molecular weight excluding hydrogens is 504 g/mol. The number of rotatable bonds is 7. The van der Waals surface area contributed by atoms with Crippen LogP contribution in [-0.4, -0.2) is 68.4 Å². The first-order chi connectivity index (χ1) is 18.1. The zero-order valence-corrected chi connectivity index (χ0v) is 23.6. The lowest BCUT2D eigenvalue weighted by Gasteiger charge is -2.37. The van der Waals surface area contributed by atoms with Crippen LogP contribution in [0.3, 0.4) is 0 Å². The first-order valence-corrected chi connectivity index (χ1v) is 14.5. The molecular formula is C29H38N2O6S. The van der Waals surface area contributed by atoms with Crippen LogP contribution in [0.15, 0.2) is 41.3 Å². The molecule has 0 fully saturated rings. The van der Waals surface area contributed by atoms with Crippen LogP contribution >= 0.6 is 0 Å².